The molecule has 0 N–H and O–H groups in total. The number of anilines is 2. The number of ketones is 1. The first kappa shape index (κ1) is 22.1. The van der Waals surface area contributed by atoms with E-state index in [0.717, 1.165) is 36.4 Å². The number of nitrogens with zero attached hydrogens (tertiary/aromatic N) is 4. The third kappa shape index (κ3) is 4.85. The molecule has 0 atom stereocenters. The van der Waals surface area contributed by atoms with Gasteiger partial charge in [-0.05, 0) is 56.7 Å². The molecule has 0 radical (unpaired) electrons. The molecule has 1 fully saturated rings. The Bertz CT molecular complexity index is 1090. The van der Waals surface area contributed by atoms with E-state index in [-0.39, 0.29) is 17.4 Å². The smallest absolute Gasteiger partial charge is 0.277 e. The number of aromatic nitrogens is 2. The third-order valence-electron chi connectivity index (χ3n) is 5.53. The maximum absolute atomic E-state index is 12.7. The van der Waals surface area contributed by atoms with Gasteiger partial charge < -0.3 is 14.2 Å². The summed E-state index contributed by atoms with van der Waals surface area (Å²) in [4.78, 5) is 28.7. The second kappa shape index (κ2) is 9.99. The lowest BCUT2D eigenvalue weighted by molar-refractivity contribution is -0.117. The van der Waals surface area contributed by atoms with Crippen LogP contribution in [0, 0.1) is 0 Å². The van der Waals surface area contributed by atoms with Gasteiger partial charge in [0.2, 0.25) is 11.8 Å². The molecule has 2 heterocycles. The molecule has 1 aliphatic heterocycles. The maximum Gasteiger partial charge on any atom is 0.277 e. The van der Waals surface area contributed by atoms with Crippen molar-refractivity contribution in [2.24, 2.45) is 0 Å². The fourth-order valence-electron chi connectivity index (χ4n) is 3.77. The van der Waals surface area contributed by atoms with Crippen molar-refractivity contribution in [3.63, 3.8) is 0 Å². The van der Waals surface area contributed by atoms with Gasteiger partial charge in [-0.25, -0.2) is 0 Å². The molecular formula is C24H26N4O3S. The van der Waals surface area contributed by atoms with Gasteiger partial charge in [0.05, 0.1) is 5.75 Å². The Morgan fingerprint density at radius 2 is 1.91 bits per heavy atom. The maximum atomic E-state index is 12.7. The van der Waals surface area contributed by atoms with Crippen LogP contribution in [0.15, 0.2) is 58.2 Å². The van der Waals surface area contributed by atoms with Crippen LogP contribution in [0.4, 0.5) is 11.4 Å². The molecule has 0 saturated carbocycles. The van der Waals surface area contributed by atoms with Crippen molar-refractivity contribution in [1.29, 1.82) is 0 Å². The Morgan fingerprint density at radius 1 is 1.12 bits per heavy atom. The molecule has 0 bridgehead atoms. The van der Waals surface area contributed by atoms with Crippen molar-refractivity contribution in [2.75, 3.05) is 35.2 Å². The molecule has 7 nitrogen and oxygen atoms in total. The van der Waals surface area contributed by atoms with Crippen molar-refractivity contribution in [3.8, 4) is 11.5 Å². The molecule has 0 spiro atoms. The molecule has 3 aromatic rings. The zero-order valence-electron chi connectivity index (χ0n) is 18.3. The molecule has 1 amide bonds. The molecule has 0 unspecified atom stereocenters. The summed E-state index contributed by atoms with van der Waals surface area (Å²) in [7, 11) is 0. The Morgan fingerprint density at radius 3 is 2.59 bits per heavy atom. The fraction of sp³-hybridized carbons (Fsp3) is 0.333. The second-order valence-electron chi connectivity index (χ2n) is 7.50. The summed E-state index contributed by atoms with van der Waals surface area (Å²) >= 11 is 1.21. The van der Waals surface area contributed by atoms with Gasteiger partial charge in [0, 0.05) is 48.6 Å². The lowest BCUT2D eigenvalue weighted by atomic mass is 10.1. The lowest BCUT2D eigenvalue weighted by Gasteiger charge is -2.20. The average molecular weight is 451 g/mol. The van der Waals surface area contributed by atoms with Crippen LogP contribution in [-0.4, -0.2) is 47.3 Å². The highest BCUT2D eigenvalue weighted by Crippen LogP contribution is 2.27. The normalized spacial score (nSPS) is 13.6. The molecule has 4 rings (SSSR count). The average Bonchev–Trinajstić information content (AvgIpc) is 3.48. The van der Waals surface area contributed by atoms with E-state index in [2.05, 4.69) is 28.9 Å². The number of amides is 1. The summed E-state index contributed by atoms with van der Waals surface area (Å²) in [5.74, 6) is 0.667. The summed E-state index contributed by atoms with van der Waals surface area (Å²) in [6, 6.07) is 15.2. The van der Waals surface area contributed by atoms with Crippen LogP contribution >= 0.6 is 11.8 Å². The van der Waals surface area contributed by atoms with Gasteiger partial charge >= 0.3 is 0 Å². The van der Waals surface area contributed by atoms with Gasteiger partial charge in [-0.3, -0.25) is 9.59 Å². The number of hydrogen-bond acceptors (Lipinski definition) is 7. The number of Topliss-reactive ketones (excluding diaryl/α,β-unsaturated/α-hetero) is 1. The summed E-state index contributed by atoms with van der Waals surface area (Å²) in [5, 5.41) is 8.54. The largest absolute Gasteiger partial charge is 0.411 e. The SMILES string of the molecule is CCN(CC)c1ccc(-c2nnc(SCC(=O)c3cccc(N4CCCC4=O)c3)o2)cc1. The van der Waals surface area contributed by atoms with Gasteiger partial charge in [-0.1, -0.05) is 23.9 Å². The minimum atomic E-state index is -0.0492. The predicted molar refractivity (Wildman–Crippen MR) is 126 cm³/mol. The van der Waals surface area contributed by atoms with E-state index in [4.69, 9.17) is 4.42 Å². The van der Waals surface area contributed by atoms with Crippen LogP contribution in [0.25, 0.3) is 11.5 Å². The summed E-state index contributed by atoms with van der Waals surface area (Å²) in [6.07, 6.45) is 1.41. The van der Waals surface area contributed by atoms with Crippen LogP contribution in [0.1, 0.15) is 37.0 Å². The molecule has 2 aromatic carbocycles. The van der Waals surface area contributed by atoms with Crippen LogP contribution in [0.5, 0.6) is 0 Å². The predicted octanol–water partition coefficient (Wildman–Crippen LogP) is 4.68. The highest BCUT2D eigenvalue weighted by atomic mass is 32.2. The summed E-state index contributed by atoms with van der Waals surface area (Å²) < 4.78 is 5.75. The van der Waals surface area contributed by atoms with Gasteiger partial charge in [0.25, 0.3) is 5.22 Å². The summed E-state index contributed by atoms with van der Waals surface area (Å²) in [6.45, 7) is 6.85. The first-order valence-corrected chi connectivity index (χ1v) is 11.8. The van der Waals surface area contributed by atoms with Gasteiger partial charge in [-0.2, -0.15) is 0 Å². The molecular weight excluding hydrogens is 424 g/mol. The zero-order valence-corrected chi connectivity index (χ0v) is 19.1. The zero-order chi connectivity index (χ0) is 22.5. The molecule has 1 aromatic heterocycles. The highest BCUT2D eigenvalue weighted by Gasteiger charge is 2.22. The molecule has 8 heteroatoms. The quantitative estimate of drug-likeness (QED) is 0.346. The van der Waals surface area contributed by atoms with E-state index in [1.54, 1.807) is 17.0 Å². The molecule has 0 aliphatic carbocycles. The first-order chi connectivity index (χ1) is 15.6. The van der Waals surface area contributed by atoms with E-state index in [9.17, 15) is 9.59 Å². The fourth-order valence-corrected chi connectivity index (χ4v) is 4.43. The molecule has 1 aliphatic rings. The monoisotopic (exact) mass is 450 g/mol. The van der Waals surface area contributed by atoms with Gasteiger partial charge in [0.15, 0.2) is 5.78 Å². The third-order valence-corrected chi connectivity index (χ3v) is 6.35. The van der Waals surface area contributed by atoms with E-state index in [1.807, 2.05) is 36.4 Å². The van der Waals surface area contributed by atoms with E-state index < -0.39 is 0 Å². The van der Waals surface area contributed by atoms with Crippen molar-refractivity contribution in [2.45, 2.75) is 31.9 Å². The van der Waals surface area contributed by atoms with Crippen molar-refractivity contribution in [1.82, 2.24) is 10.2 Å². The van der Waals surface area contributed by atoms with Crippen LogP contribution < -0.4 is 9.80 Å². The highest BCUT2D eigenvalue weighted by molar-refractivity contribution is 7.99. The number of carbonyl (C=O) groups excluding carboxylic acids is 2. The standard InChI is InChI=1S/C24H26N4O3S/c1-3-27(4-2)19-12-10-17(11-13-19)23-25-26-24(31-23)32-16-21(29)18-7-5-8-20(15-18)28-14-6-9-22(28)30/h5,7-8,10-13,15H,3-4,6,9,14,16H2,1-2H3. The number of benzene rings is 2. The van der Waals surface area contributed by atoms with Gasteiger partial charge in [-0.15, -0.1) is 10.2 Å². The molecule has 32 heavy (non-hydrogen) atoms. The molecule has 166 valence electrons. The Hall–Kier alpha value is -3.13. The Kier molecular flexibility index (Phi) is 6.90. The van der Waals surface area contributed by atoms with Crippen LogP contribution in [-0.2, 0) is 4.79 Å². The van der Waals surface area contributed by atoms with Gasteiger partial charge in [0.1, 0.15) is 0 Å². The second-order valence-corrected chi connectivity index (χ2v) is 8.43. The van der Waals surface area contributed by atoms with E-state index in [1.165, 1.54) is 11.8 Å². The minimum absolute atomic E-state index is 0.0492. The molecule has 1 saturated heterocycles. The Balaban J connectivity index is 1.38. The van der Waals surface area contributed by atoms with Crippen molar-refractivity contribution >= 4 is 34.8 Å². The van der Waals surface area contributed by atoms with Crippen LogP contribution in [0.3, 0.4) is 0 Å². The number of hydrogen-bond donors (Lipinski definition) is 0. The Labute approximate surface area is 191 Å². The van der Waals surface area contributed by atoms with Crippen molar-refractivity contribution in [3.05, 3.63) is 54.1 Å². The first-order valence-electron chi connectivity index (χ1n) is 10.8. The lowest BCUT2D eigenvalue weighted by Crippen LogP contribution is -2.23. The summed E-state index contributed by atoms with van der Waals surface area (Å²) in [5.41, 5.74) is 3.34. The number of carbonyl (C=O) groups is 2. The number of thioether (sulfide) groups is 1. The van der Waals surface area contributed by atoms with Crippen molar-refractivity contribution < 1.29 is 14.0 Å². The number of rotatable bonds is 9. The van der Waals surface area contributed by atoms with Crippen LogP contribution in [0.2, 0.25) is 0 Å². The van der Waals surface area contributed by atoms with E-state index in [0.29, 0.717) is 29.6 Å². The van der Waals surface area contributed by atoms with E-state index >= 15 is 0 Å². The minimum Gasteiger partial charge on any atom is -0.411 e. The topological polar surface area (TPSA) is 79.5 Å².